The van der Waals surface area contributed by atoms with E-state index in [9.17, 15) is 14.9 Å². The van der Waals surface area contributed by atoms with Crippen molar-refractivity contribution in [1.82, 2.24) is 0 Å². The molecule has 27 heavy (non-hydrogen) atoms. The molecular formula is C19H15Br2N3O3. The molecule has 0 unspecified atom stereocenters. The van der Waals surface area contributed by atoms with E-state index < -0.39 is 11.8 Å². The minimum absolute atomic E-state index is 0.0554. The molecule has 0 atom stereocenters. The highest BCUT2D eigenvalue weighted by molar-refractivity contribution is 9.11. The number of halogens is 2. The molecule has 8 heteroatoms. The molecule has 0 saturated heterocycles. The van der Waals surface area contributed by atoms with Crippen molar-refractivity contribution in [1.29, 1.82) is 5.26 Å². The molecule has 0 aromatic heterocycles. The maximum atomic E-state index is 12.3. The fourth-order valence-corrected chi connectivity index (χ4v) is 3.55. The Morgan fingerprint density at radius 3 is 2.33 bits per heavy atom. The minimum Gasteiger partial charge on any atom is -0.481 e. The van der Waals surface area contributed by atoms with Crippen LogP contribution in [-0.2, 0) is 9.59 Å². The quantitative estimate of drug-likeness (QED) is 0.470. The van der Waals surface area contributed by atoms with Gasteiger partial charge in [0.2, 0.25) is 0 Å². The lowest BCUT2D eigenvalue weighted by atomic mass is 10.1. The van der Waals surface area contributed by atoms with Crippen LogP contribution in [0.3, 0.4) is 0 Å². The smallest absolute Gasteiger partial charge is 0.266 e. The van der Waals surface area contributed by atoms with Crippen molar-refractivity contribution in [3.63, 3.8) is 0 Å². The van der Waals surface area contributed by atoms with E-state index in [-0.39, 0.29) is 12.2 Å². The van der Waals surface area contributed by atoms with Gasteiger partial charge in [-0.1, -0.05) is 17.7 Å². The molecule has 2 rings (SSSR count). The zero-order chi connectivity index (χ0) is 20.0. The summed E-state index contributed by atoms with van der Waals surface area (Å²) in [5.41, 5.74) is 7.28. The maximum absolute atomic E-state index is 12.3. The Morgan fingerprint density at radius 2 is 1.81 bits per heavy atom. The molecule has 3 N–H and O–H groups in total. The average Bonchev–Trinajstić information content (AvgIpc) is 2.60. The Kier molecular flexibility index (Phi) is 7.16. The van der Waals surface area contributed by atoms with E-state index in [1.165, 1.54) is 6.08 Å². The van der Waals surface area contributed by atoms with Crippen LogP contribution in [-0.4, -0.2) is 18.4 Å². The normalized spacial score (nSPS) is 10.8. The summed E-state index contributed by atoms with van der Waals surface area (Å²) in [5.74, 6) is -0.714. The molecule has 0 aliphatic heterocycles. The van der Waals surface area contributed by atoms with Gasteiger partial charge in [-0.15, -0.1) is 0 Å². The molecule has 0 aliphatic carbocycles. The lowest BCUT2D eigenvalue weighted by molar-refractivity contribution is -0.120. The number of hydrogen-bond acceptors (Lipinski definition) is 4. The number of carbonyl (C=O) groups is 2. The number of aryl methyl sites for hydroxylation is 1. The standard InChI is InChI=1S/C19H15Br2N3O3/c1-11-2-4-14(5-3-11)24-19(26)13(9-22)6-12-7-15(20)18(16(21)8-12)27-10-17(23)25/h2-8H,10H2,1H3,(H2,23,25)(H,24,26)/b13-6+. The van der Waals surface area contributed by atoms with Crippen LogP contribution in [0.15, 0.2) is 50.9 Å². The van der Waals surface area contributed by atoms with Gasteiger partial charge in [-0.25, -0.2) is 0 Å². The van der Waals surface area contributed by atoms with Gasteiger partial charge in [0.25, 0.3) is 11.8 Å². The Hall–Kier alpha value is -2.63. The molecule has 2 aromatic rings. The first-order valence-electron chi connectivity index (χ1n) is 7.70. The molecule has 0 fully saturated rings. The maximum Gasteiger partial charge on any atom is 0.266 e. The van der Waals surface area contributed by atoms with Crippen LogP contribution in [0.1, 0.15) is 11.1 Å². The SMILES string of the molecule is Cc1ccc(NC(=O)/C(C#N)=C/c2cc(Br)c(OCC(N)=O)c(Br)c2)cc1. The molecule has 2 amide bonds. The second-order valence-corrected chi connectivity index (χ2v) is 7.27. The molecule has 0 spiro atoms. The van der Waals surface area contributed by atoms with Crippen LogP contribution in [0.25, 0.3) is 6.08 Å². The van der Waals surface area contributed by atoms with Crippen LogP contribution in [0, 0.1) is 18.3 Å². The molecule has 138 valence electrons. The van der Waals surface area contributed by atoms with E-state index in [2.05, 4.69) is 37.2 Å². The first kappa shape index (κ1) is 20.7. The molecule has 0 bridgehead atoms. The monoisotopic (exact) mass is 491 g/mol. The zero-order valence-electron chi connectivity index (χ0n) is 14.3. The average molecular weight is 493 g/mol. The number of nitrogens with two attached hydrogens (primary N) is 1. The topological polar surface area (TPSA) is 105 Å². The van der Waals surface area contributed by atoms with Crippen molar-refractivity contribution < 1.29 is 14.3 Å². The Labute approximate surface area is 173 Å². The van der Waals surface area contributed by atoms with Crippen molar-refractivity contribution in [2.75, 3.05) is 11.9 Å². The number of ether oxygens (including phenoxy) is 1. The predicted octanol–water partition coefficient (Wildman–Crippen LogP) is 3.93. The number of nitriles is 1. The van der Waals surface area contributed by atoms with Crippen LogP contribution < -0.4 is 15.8 Å². The van der Waals surface area contributed by atoms with Crippen molar-refractivity contribution in [2.24, 2.45) is 5.73 Å². The summed E-state index contributed by atoms with van der Waals surface area (Å²) in [5, 5.41) is 12.0. The van der Waals surface area contributed by atoms with Crippen LogP contribution in [0.2, 0.25) is 0 Å². The Balaban J connectivity index is 2.23. The third-order valence-corrected chi connectivity index (χ3v) is 4.54. The van der Waals surface area contributed by atoms with Crippen LogP contribution >= 0.6 is 31.9 Å². The van der Waals surface area contributed by atoms with E-state index in [0.717, 1.165) is 5.56 Å². The Bertz CT molecular complexity index is 925. The number of benzene rings is 2. The molecule has 0 radical (unpaired) electrons. The van der Waals surface area contributed by atoms with E-state index in [0.29, 0.717) is 25.9 Å². The third-order valence-electron chi connectivity index (χ3n) is 3.36. The minimum atomic E-state index is -0.600. The van der Waals surface area contributed by atoms with Gasteiger partial charge in [0.15, 0.2) is 6.61 Å². The van der Waals surface area contributed by atoms with E-state index in [4.69, 9.17) is 10.5 Å². The fraction of sp³-hybridized carbons (Fsp3) is 0.105. The van der Waals surface area contributed by atoms with E-state index in [1.807, 2.05) is 25.1 Å². The van der Waals surface area contributed by atoms with Crippen LogP contribution in [0.4, 0.5) is 5.69 Å². The summed E-state index contributed by atoms with van der Waals surface area (Å²) < 4.78 is 6.40. The highest BCUT2D eigenvalue weighted by atomic mass is 79.9. The number of nitrogens with one attached hydrogen (secondary N) is 1. The Morgan fingerprint density at radius 1 is 1.22 bits per heavy atom. The summed E-state index contributed by atoms with van der Waals surface area (Å²) in [6.45, 7) is 1.67. The van der Waals surface area contributed by atoms with Crippen molar-refractivity contribution >= 4 is 55.4 Å². The van der Waals surface area contributed by atoms with Gasteiger partial charge in [-0.2, -0.15) is 5.26 Å². The van der Waals surface area contributed by atoms with Crippen molar-refractivity contribution in [2.45, 2.75) is 6.92 Å². The summed E-state index contributed by atoms with van der Waals surface area (Å²) in [4.78, 5) is 23.2. The van der Waals surface area contributed by atoms with Gasteiger partial charge in [-0.3, -0.25) is 9.59 Å². The zero-order valence-corrected chi connectivity index (χ0v) is 17.4. The first-order valence-corrected chi connectivity index (χ1v) is 9.28. The fourth-order valence-electron chi connectivity index (χ4n) is 2.09. The summed E-state index contributed by atoms with van der Waals surface area (Å²) in [6, 6.07) is 12.5. The number of hydrogen-bond donors (Lipinski definition) is 2. The van der Waals surface area contributed by atoms with E-state index in [1.54, 1.807) is 24.3 Å². The summed E-state index contributed by atoms with van der Waals surface area (Å²) in [7, 11) is 0. The molecule has 0 aliphatic rings. The number of anilines is 1. The van der Waals surface area contributed by atoms with Crippen molar-refractivity contribution in [3.05, 3.63) is 62.0 Å². The second-order valence-electron chi connectivity index (χ2n) is 5.56. The number of amides is 2. The van der Waals surface area contributed by atoms with Crippen molar-refractivity contribution in [3.8, 4) is 11.8 Å². The number of nitrogens with zero attached hydrogens (tertiary/aromatic N) is 1. The molecule has 0 heterocycles. The number of carbonyl (C=O) groups excluding carboxylic acids is 2. The van der Waals surface area contributed by atoms with Crippen LogP contribution in [0.5, 0.6) is 5.75 Å². The molecule has 6 nitrogen and oxygen atoms in total. The van der Waals surface area contributed by atoms with Gasteiger partial charge < -0.3 is 15.8 Å². The van der Waals surface area contributed by atoms with Gasteiger partial charge in [0.1, 0.15) is 17.4 Å². The number of primary amides is 1. The van der Waals surface area contributed by atoms with Gasteiger partial charge in [0, 0.05) is 5.69 Å². The van der Waals surface area contributed by atoms with Gasteiger partial charge in [0.05, 0.1) is 8.95 Å². The summed E-state index contributed by atoms with van der Waals surface area (Å²) in [6.07, 6.45) is 1.46. The molecular weight excluding hydrogens is 478 g/mol. The largest absolute Gasteiger partial charge is 0.481 e. The third kappa shape index (κ3) is 5.94. The molecule has 2 aromatic carbocycles. The second kappa shape index (κ2) is 9.35. The lowest BCUT2D eigenvalue weighted by Crippen LogP contribution is -2.20. The first-order chi connectivity index (χ1) is 12.8. The lowest BCUT2D eigenvalue weighted by Gasteiger charge is -2.10. The highest BCUT2D eigenvalue weighted by Crippen LogP contribution is 2.35. The highest BCUT2D eigenvalue weighted by Gasteiger charge is 2.13. The number of rotatable bonds is 6. The summed E-state index contributed by atoms with van der Waals surface area (Å²) >= 11 is 6.68. The molecule has 0 saturated carbocycles. The predicted molar refractivity (Wildman–Crippen MR) is 110 cm³/mol. The van der Waals surface area contributed by atoms with E-state index >= 15 is 0 Å². The van der Waals surface area contributed by atoms with Gasteiger partial charge in [-0.05, 0) is 74.7 Å². The van der Waals surface area contributed by atoms with Gasteiger partial charge >= 0.3 is 0 Å².